The van der Waals surface area contributed by atoms with E-state index >= 15 is 0 Å². The van der Waals surface area contributed by atoms with Gasteiger partial charge in [-0.15, -0.1) is 0 Å². The van der Waals surface area contributed by atoms with E-state index in [9.17, 15) is 0 Å². The Morgan fingerprint density at radius 3 is 1.82 bits per heavy atom. The minimum Gasteiger partial charge on any atom is -0.0654 e. The largest absolute Gasteiger partial charge is 0.0654 e. The van der Waals surface area contributed by atoms with E-state index in [1.807, 2.05) is 0 Å². The van der Waals surface area contributed by atoms with E-state index in [1.165, 1.54) is 57.8 Å². The molecule has 0 radical (unpaired) electrons. The van der Waals surface area contributed by atoms with Gasteiger partial charge in [-0.05, 0) is 24.2 Å². The van der Waals surface area contributed by atoms with Crippen molar-refractivity contribution in [2.24, 2.45) is 17.8 Å². The molecular weight excluding hydrogens is 204 g/mol. The second-order valence-corrected chi connectivity index (χ2v) is 6.39. The first kappa shape index (κ1) is 17.0. The maximum absolute atomic E-state index is 2.45. The highest BCUT2D eigenvalue weighted by Gasteiger charge is 2.10. The molecule has 0 aliphatic rings. The van der Waals surface area contributed by atoms with Crippen molar-refractivity contribution in [1.29, 1.82) is 0 Å². The Labute approximate surface area is 111 Å². The lowest BCUT2D eigenvalue weighted by molar-refractivity contribution is 0.340. The molecule has 0 aromatic carbocycles. The molecule has 0 aliphatic heterocycles. The molecule has 104 valence electrons. The fourth-order valence-corrected chi connectivity index (χ4v) is 2.62. The van der Waals surface area contributed by atoms with Crippen LogP contribution in [0.2, 0.25) is 0 Å². The predicted octanol–water partition coefficient (Wildman–Crippen LogP) is 6.45. The van der Waals surface area contributed by atoms with Crippen molar-refractivity contribution in [1.82, 2.24) is 0 Å². The van der Waals surface area contributed by atoms with E-state index in [1.54, 1.807) is 0 Å². The average molecular weight is 240 g/mol. The van der Waals surface area contributed by atoms with Crippen molar-refractivity contribution in [2.45, 2.75) is 92.4 Å². The minimum atomic E-state index is 0.928. The third-order valence-corrected chi connectivity index (χ3v) is 4.20. The number of hydrogen-bond donors (Lipinski definition) is 0. The van der Waals surface area contributed by atoms with E-state index < -0.39 is 0 Å². The highest BCUT2D eigenvalue weighted by atomic mass is 14.2. The van der Waals surface area contributed by atoms with Gasteiger partial charge in [-0.2, -0.15) is 0 Å². The van der Waals surface area contributed by atoms with Crippen LogP contribution in [0.4, 0.5) is 0 Å². The number of rotatable bonds is 11. The first-order valence-electron chi connectivity index (χ1n) is 8.10. The number of hydrogen-bond acceptors (Lipinski definition) is 0. The van der Waals surface area contributed by atoms with E-state index in [2.05, 4.69) is 34.6 Å². The first-order chi connectivity index (χ1) is 8.10. The Hall–Kier alpha value is 0. The van der Waals surface area contributed by atoms with Gasteiger partial charge in [0.2, 0.25) is 0 Å². The predicted molar refractivity (Wildman–Crippen MR) is 80.4 cm³/mol. The summed E-state index contributed by atoms with van der Waals surface area (Å²) in [6.07, 6.45) is 12.8. The van der Waals surface area contributed by atoms with Crippen LogP contribution in [0.1, 0.15) is 92.4 Å². The van der Waals surface area contributed by atoms with Gasteiger partial charge in [0.15, 0.2) is 0 Å². The lowest BCUT2D eigenvalue weighted by Gasteiger charge is -2.18. The van der Waals surface area contributed by atoms with Crippen LogP contribution in [0.25, 0.3) is 0 Å². The van der Waals surface area contributed by atoms with E-state index in [4.69, 9.17) is 0 Å². The van der Waals surface area contributed by atoms with Crippen LogP contribution in [0.3, 0.4) is 0 Å². The van der Waals surface area contributed by atoms with Gasteiger partial charge < -0.3 is 0 Å². The van der Waals surface area contributed by atoms with Crippen LogP contribution in [-0.4, -0.2) is 0 Å². The first-order valence-corrected chi connectivity index (χ1v) is 8.10. The lowest BCUT2D eigenvalue weighted by atomic mass is 9.88. The van der Waals surface area contributed by atoms with Crippen LogP contribution < -0.4 is 0 Å². The van der Waals surface area contributed by atoms with Gasteiger partial charge in [0.25, 0.3) is 0 Å². The van der Waals surface area contributed by atoms with Gasteiger partial charge >= 0.3 is 0 Å². The molecule has 0 rings (SSSR count). The molecule has 17 heavy (non-hydrogen) atoms. The Morgan fingerprint density at radius 1 is 0.647 bits per heavy atom. The number of unbranched alkanes of at least 4 members (excludes halogenated alkanes) is 3. The fraction of sp³-hybridized carbons (Fsp3) is 1.00. The van der Waals surface area contributed by atoms with E-state index in [-0.39, 0.29) is 0 Å². The molecule has 0 saturated carbocycles. The highest BCUT2D eigenvalue weighted by Crippen LogP contribution is 2.23. The van der Waals surface area contributed by atoms with Crippen molar-refractivity contribution in [3.63, 3.8) is 0 Å². The molecule has 0 aromatic heterocycles. The van der Waals surface area contributed by atoms with Gasteiger partial charge in [-0.3, -0.25) is 0 Å². The molecule has 0 N–H and O–H groups in total. The quantitative estimate of drug-likeness (QED) is 0.364. The summed E-state index contributed by atoms with van der Waals surface area (Å²) in [5, 5.41) is 0. The van der Waals surface area contributed by atoms with Crippen LogP contribution in [0.15, 0.2) is 0 Å². The summed E-state index contributed by atoms with van der Waals surface area (Å²) in [6, 6.07) is 0. The van der Waals surface area contributed by atoms with Crippen LogP contribution in [0.5, 0.6) is 0 Å². The third kappa shape index (κ3) is 10.9. The molecule has 0 saturated heterocycles. The summed E-state index contributed by atoms with van der Waals surface area (Å²) in [4.78, 5) is 0. The third-order valence-electron chi connectivity index (χ3n) is 4.20. The van der Waals surface area contributed by atoms with Crippen molar-refractivity contribution in [3.05, 3.63) is 0 Å². The Bertz CT molecular complexity index is 150. The van der Waals surface area contributed by atoms with Crippen molar-refractivity contribution >= 4 is 0 Å². The minimum absolute atomic E-state index is 0.928. The second-order valence-electron chi connectivity index (χ2n) is 6.39. The molecule has 0 aromatic rings. The van der Waals surface area contributed by atoms with E-state index in [0.717, 1.165) is 17.8 Å². The molecule has 0 fully saturated rings. The zero-order valence-corrected chi connectivity index (χ0v) is 13.1. The normalized spacial score (nSPS) is 16.8. The molecular formula is C17H36. The topological polar surface area (TPSA) is 0 Å². The average Bonchev–Trinajstić information content (AvgIpc) is 2.31. The maximum Gasteiger partial charge on any atom is -0.0440 e. The summed E-state index contributed by atoms with van der Waals surface area (Å²) >= 11 is 0. The smallest absolute Gasteiger partial charge is 0.0440 e. The summed E-state index contributed by atoms with van der Waals surface area (Å²) < 4.78 is 0. The molecule has 0 amide bonds. The Morgan fingerprint density at radius 2 is 1.24 bits per heavy atom. The molecule has 0 aliphatic carbocycles. The summed E-state index contributed by atoms with van der Waals surface area (Å²) in [5.41, 5.74) is 0. The highest BCUT2D eigenvalue weighted by molar-refractivity contribution is 4.62. The molecule has 3 unspecified atom stereocenters. The van der Waals surface area contributed by atoms with Crippen LogP contribution in [0, 0.1) is 17.8 Å². The molecule has 0 heterocycles. The summed E-state index contributed by atoms with van der Waals surface area (Å²) in [6.45, 7) is 11.9. The van der Waals surface area contributed by atoms with Crippen molar-refractivity contribution in [3.8, 4) is 0 Å². The SMILES string of the molecule is CCCCCCC(C)CC(C)CCC(C)CC. The zero-order chi connectivity index (χ0) is 13.1. The van der Waals surface area contributed by atoms with Gasteiger partial charge in [-0.25, -0.2) is 0 Å². The zero-order valence-electron chi connectivity index (χ0n) is 13.1. The molecule has 0 spiro atoms. The maximum atomic E-state index is 2.45. The Kier molecular flexibility index (Phi) is 11.1. The standard InChI is InChI=1S/C17H36/c1-6-8-9-10-11-16(4)14-17(5)13-12-15(3)7-2/h15-17H,6-14H2,1-5H3. The Balaban J connectivity index is 3.48. The summed E-state index contributed by atoms with van der Waals surface area (Å²) in [5.74, 6) is 2.81. The summed E-state index contributed by atoms with van der Waals surface area (Å²) in [7, 11) is 0. The van der Waals surface area contributed by atoms with Crippen molar-refractivity contribution < 1.29 is 0 Å². The fourth-order valence-electron chi connectivity index (χ4n) is 2.62. The van der Waals surface area contributed by atoms with Crippen LogP contribution in [-0.2, 0) is 0 Å². The second kappa shape index (κ2) is 11.1. The van der Waals surface area contributed by atoms with Gasteiger partial charge in [0.05, 0.1) is 0 Å². The molecule has 0 bridgehead atoms. The molecule has 3 atom stereocenters. The molecule has 0 heteroatoms. The monoisotopic (exact) mass is 240 g/mol. The van der Waals surface area contributed by atoms with E-state index in [0.29, 0.717) is 0 Å². The van der Waals surface area contributed by atoms with Crippen LogP contribution >= 0.6 is 0 Å². The van der Waals surface area contributed by atoms with Gasteiger partial charge in [0, 0.05) is 0 Å². The van der Waals surface area contributed by atoms with Gasteiger partial charge in [0.1, 0.15) is 0 Å². The van der Waals surface area contributed by atoms with Gasteiger partial charge in [-0.1, -0.05) is 86.0 Å². The van der Waals surface area contributed by atoms with Crippen molar-refractivity contribution in [2.75, 3.05) is 0 Å². The lowest BCUT2D eigenvalue weighted by Crippen LogP contribution is -2.05. The molecule has 0 nitrogen and oxygen atoms in total.